The molecule has 24 heavy (non-hydrogen) atoms. The van der Waals surface area contributed by atoms with Gasteiger partial charge in [0.2, 0.25) is 0 Å². The topological polar surface area (TPSA) is 16.1 Å². The predicted octanol–water partition coefficient (Wildman–Crippen LogP) is 5.28. The molecule has 1 unspecified atom stereocenters. The van der Waals surface area contributed by atoms with E-state index in [2.05, 4.69) is 16.8 Å². The quantitative estimate of drug-likeness (QED) is 0.626. The van der Waals surface area contributed by atoms with Gasteiger partial charge in [-0.25, -0.2) is 13.8 Å². The summed E-state index contributed by atoms with van der Waals surface area (Å²) in [5.41, 5.74) is 2.95. The number of nitrogens with zero attached hydrogens (tertiary/aromatic N) is 2. The molecule has 0 aliphatic carbocycles. The molecule has 124 valence electrons. The number of benzene rings is 2. The van der Waals surface area contributed by atoms with Crippen molar-refractivity contribution in [2.45, 2.75) is 19.5 Å². The van der Waals surface area contributed by atoms with E-state index in [1.807, 2.05) is 24.6 Å². The molecule has 2 aromatic carbocycles. The summed E-state index contributed by atoms with van der Waals surface area (Å²) in [6, 6.07) is 13.1. The number of hydrogen-bond donors (Lipinski definition) is 0. The molecule has 2 nitrogen and oxygen atoms in total. The largest absolute Gasteiger partial charge is 0.294 e. The monoisotopic (exact) mass is 344 g/mol. The third-order valence-electron chi connectivity index (χ3n) is 4.07. The van der Waals surface area contributed by atoms with Gasteiger partial charge >= 0.3 is 0 Å². The maximum absolute atomic E-state index is 13.0. The maximum Gasteiger partial charge on any atom is 0.123 e. The minimum Gasteiger partial charge on any atom is -0.294 e. The molecule has 0 aliphatic heterocycles. The lowest BCUT2D eigenvalue weighted by Gasteiger charge is -2.24. The maximum atomic E-state index is 13.0. The van der Waals surface area contributed by atoms with Crippen LogP contribution < -0.4 is 0 Å². The molecule has 0 N–H and O–H groups in total. The van der Waals surface area contributed by atoms with E-state index in [9.17, 15) is 8.78 Å². The molecule has 0 saturated heterocycles. The van der Waals surface area contributed by atoms with Crippen molar-refractivity contribution in [3.63, 3.8) is 0 Å². The van der Waals surface area contributed by atoms with E-state index in [0.29, 0.717) is 6.54 Å². The zero-order chi connectivity index (χ0) is 17.1. The minimum absolute atomic E-state index is 0.154. The van der Waals surface area contributed by atoms with E-state index in [1.54, 1.807) is 23.5 Å². The van der Waals surface area contributed by atoms with Gasteiger partial charge in [-0.3, -0.25) is 4.90 Å². The molecular weight excluding hydrogens is 326 g/mol. The molecule has 0 bridgehead atoms. The first-order valence-corrected chi connectivity index (χ1v) is 8.57. The second-order valence-corrected chi connectivity index (χ2v) is 6.65. The summed E-state index contributed by atoms with van der Waals surface area (Å²) in [4.78, 5) is 6.80. The van der Waals surface area contributed by atoms with Gasteiger partial charge in [-0.05, 0) is 55.9 Å². The van der Waals surface area contributed by atoms with Crippen LogP contribution in [-0.2, 0) is 6.54 Å². The molecular formula is C19H18F2N2S. The Kier molecular flexibility index (Phi) is 5.02. The molecule has 1 atom stereocenters. The van der Waals surface area contributed by atoms with Crippen LogP contribution in [0.15, 0.2) is 53.9 Å². The summed E-state index contributed by atoms with van der Waals surface area (Å²) in [5, 5.41) is 2.90. The second kappa shape index (κ2) is 7.20. The van der Waals surface area contributed by atoms with Crippen LogP contribution in [0.1, 0.15) is 24.2 Å². The first-order valence-electron chi connectivity index (χ1n) is 7.69. The highest BCUT2D eigenvalue weighted by Gasteiger charge is 2.14. The highest BCUT2D eigenvalue weighted by Crippen LogP contribution is 2.26. The van der Waals surface area contributed by atoms with Crippen molar-refractivity contribution in [3.8, 4) is 10.6 Å². The van der Waals surface area contributed by atoms with Crippen molar-refractivity contribution in [3.05, 3.63) is 76.8 Å². The zero-order valence-electron chi connectivity index (χ0n) is 13.5. The first kappa shape index (κ1) is 16.7. The Hall–Kier alpha value is -2.11. The summed E-state index contributed by atoms with van der Waals surface area (Å²) >= 11 is 1.55. The molecule has 0 aliphatic rings. The van der Waals surface area contributed by atoms with Gasteiger partial charge < -0.3 is 0 Å². The van der Waals surface area contributed by atoms with Crippen LogP contribution in [0.5, 0.6) is 0 Å². The summed E-state index contributed by atoms with van der Waals surface area (Å²) in [6.45, 7) is 2.77. The molecule has 0 fully saturated rings. The Bertz CT molecular complexity index is 797. The molecule has 0 radical (unpaired) electrons. The van der Waals surface area contributed by atoms with Crippen LogP contribution in [0.4, 0.5) is 8.78 Å². The van der Waals surface area contributed by atoms with Gasteiger partial charge in [0.25, 0.3) is 0 Å². The van der Waals surface area contributed by atoms with Gasteiger partial charge in [0, 0.05) is 23.5 Å². The van der Waals surface area contributed by atoms with Gasteiger partial charge in [0.1, 0.15) is 16.6 Å². The summed E-state index contributed by atoms with van der Waals surface area (Å²) < 4.78 is 26.0. The highest BCUT2D eigenvalue weighted by molar-refractivity contribution is 7.13. The van der Waals surface area contributed by atoms with E-state index >= 15 is 0 Å². The number of hydrogen-bond acceptors (Lipinski definition) is 3. The van der Waals surface area contributed by atoms with E-state index in [4.69, 9.17) is 0 Å². The highest BCUT2D eigenvalue weighted by atomic mass is 32.1. The van der Waals surface area contributed by atoms with Crippen LogP contribution in [0.2, 0.25) is 0 Å². The lowest BCUT2D eigenvalue weighted by Crippen LogP contribution is -2.22. The van der Waals surface area contributed by atoms with Crippen molar-refractivity contribution in [1.29, 1.82) is 0 Å². The fraction of sp³-hybridized carbons (Fsp3) is 0.211. The van der Waals surface area contributed by atoms with Crippen LogP contribution in [0.25, 0.3) is 10.6 Å². The van der Waals surface area contributed by atoms with Crippen molar-refractivity contribution in [2.75, 3.05) is 7.05 Å². The van der Waals surface area contributed by atoms with E-state index in [-0.39, 0.29) is 17.7 Å². The Balaban J connectivity index is 1.69. The van der Waals surface area contributed by atoms with Crippen molar-refractivity contribution in [1.82, 2.24) is 9.88 Å². The van der Waals surface area contributed by atoms with Crippen molar-refractivity contribution < 1.29 is 8.78 Å². The van der Waals surface area contributed by atoms with E-state index in [1.165, 1.54) is 24.3 Å². The number of halogens is 2. The molecule has 3 rings (SSSR count). The fourth-order valence-electron chi connectivity index (χ4n) is 2.49. The molecule has 0 spiro atoms. The lowest BCUT2D eigenvalue weighted by molar-refractivity contribution is 0.250. The van der Waals surface area contributed by atoms with Gasteiger partial charge in [-0.15, -0.1) is 11.3 Å². The average molecular weight is 344 g/mol. The summed E-state index contributed by atoms with van der Waals surface area (Å²) in [7, 11) is 2.02. The third kappa shape index (κ3) is 3.86. The summed E-state index contributed by atoms with van der Waals surface area (Å²) in [6.07, 6.45) is 0. The van der Waals surface area contributed by atoms with Crippen molar-refractivity contribution >= 4 is 11.3 Å². The molecule has 1 heterocycles. The lowest BCUT2D eigenvalue weighted by atomic mass is 10.1. The second-order valence-electron chi connectivity index (χ2n) is 5.79. The molecule has 0 saturated carbocycles. The summed E-state index contributed by atoms with van der Waals surface area (Å²) in [5.74, 6) is -0.472. The van der Waals surface area contributed by atoms with E-state index < -0.39 is 0 Å². The molecule has 0 amide bonds. The Morgan fingerprint density at radius 1 is 1.00 bits per heavy atom. The number of thiazole rings is 1. The van der Waals surface area contributed by atoms with Crippen LogP contribution in [0, 0.1) is 11.6 Å². The SMILES string of the molecule is CC(c1ccc(F)cc1)N(C)Cc1csc(-c2ccc(F)cc2)n1. The van der Waals surface area contributed by atoms with Crippen LogP contribution >= 0.6 is 11.3 Å². The predicted molar refractivity (Wildman–Crippen MR) is 93.8 cm³/mol. The van der Waals surface area contributed by atoms with Crippen LogP contribution in [-0.4, -0.2) is 16.9 Å². The minimum atomic E-state index is -0.247. The number of rotatable bonds is 5. The van der Waals surface area contributed by atoms with Gasteiger partial charge in [-0.1, -0.05) is 12.1 Å². The van der Waals surface area contributed by atoms with Gasteiger partial charge in [0.15, 0.2) is 0 Å². The third-order valence-corrected chi connectivity index (χ3v) is 5.01. The molecule has 5 heteroatoms. The molecule has 3 aromatic rings. The standard InChI is InChI=1S/C19H18F2N2S/c1-13(14-3-7-16(20)8-4-14)23(2)11-18-12-24-19(22-18)15-5-9-17(21)10-6-15/h3-10,12-13H,11H2,1-2H3. The smallest absolute Gasteiger partial charge is 0.123 e. The Labute approximate surface area is 144 Å². The van der Waals surface area contributed by atoms with Crippen LogP contribution in [0.3, 0.4) is 0 Å². The number of aromatic nitrogens is 1. The zero-order valence-corrected chi connectivity index (χ0v) is 14.4. The van der Waals surface area contributed by atoms with Crippen molar-refractivity contribution in [2.24, 2.45) is 0 Å². The normalized spacial score (nSPS) is 12.5. The van der Waals surface area contributed by atoms with Gasteiger partial charge in [-0.2, -0.15) is 0 Å². The molecule has 1 aromatic heterocycles. The first-order chi connectivity index (χ1) is 11.5. The van der Waals surface area contributed by atoms with Gasteiger partial charge in [0.05, 0.1) is 5.69 Å². The van der Waals surface area contributed by atoms with E-state index in [0.717, 1.165) is 21.8 Å². The fourth-order valence-corrected chi connectivity index (χ4v) is 3.31. The average Bonchev–Trinajstić information content (AvgIpc) is 3.04. The Morgan fingerprint density at radius 2 is 1.58 bits per heavy atom. The Morgan fingerprint density at radius 3 is 2.21 bits per heavy atom.